The third kappa shape index (κ3) is 2.22. The van der Waals surface area contributed by atoms with Crippen LogP contribution in [0.5, 0.6) is 0 Å². The molecule has 7 heteroatoms. The molecule has 0 fully saturated rings. The number of aromatic nitrogens is 2. The zero-order valence-corrected chi connectivity index (χ0v) is 11.5. The Morgan fingerprint density at radius 2 is 1.59 bits per heavy atom. The fourth-order valence-corrected chi connectivity index (χ4v) is 2.10. The SMILES string of the molecule is COC1=C(Nc2ccc(F)cc2)C(=O)c2nccnc2C1=O. The molecule has 0 unspecified atom stereocenters. The molecular formula is C15H10FN3O3. The normalized spacial score (nSPS) is 13.9. The molecule has 0 saturated carbocycles. The summed E-state index contributed by atoms with van der Waals surface area (Å²) in [4.78, 5) is 32.6. The van der Waals surface area contributed by atoms with Gasteiger partial charge in [0.1, 0.15) is 22.9 Å². The number of Topliss-reactive ketones (excluding diaryl/α,β-unsaturated/α-hetero) is 2. The Kier molecular flexibility index (Phi) is 3.38. The van der Waals surface area contributed by atoms with Crippen molar-refractivity contribution in [3.63, 3.8) is 0 Å². The van der Waals surface area contributed by atoms with Crippen molar-refractivity contribution >= 4 is 17.3 Å². The lowest BCUT2D eigenvalue weighted by molar-refractivity contribution is 0.0899. The largest absolute Gasteiger partial charge is 0.491 e. The van der Waals surface area contributed by atoms with Crippen molar-refractivity contribution in [3.8, 4) is 0 Å². The van der Waals surface area contributed by atoms with Gasteiger partial charge in [-0.1, -0.05) is 0 Å². The topological polar surface area (TPSA) is 81.2 Å². The molecular weight excluding hydrogens is 289 g/mol. The van der Waals surface area contributed by atoms with E-state index < -0.39 is 17.4 Å². The summed E-state index contributed by atoms with van der Waals surface area (Å²) in [6.45, 7) is 0. The van der Waals surface area contributed by atoms with E-state index in [0.29, 0.717) is 5.69 Å². The summed E-state index contributed by atoms with van der Waals surface area (Å²) < 4.78 is 18.0. The highest BCUT2D eigenvalue weighted by Gasteiger charge is 2.35. The fourth-order valence-electron chi connectivity index (χ4n) is 2.10. The predicted molar refractivity (Wildman–Crippen MR) is 74.8 cm³/mol. The summed E-state index contributed by atoms with van der Waals surface area (Å²) in [5.74, 6) is -1.60. The van der Waals surface area contributed by atoms with Crippen molar-refractivity contribution < 1.29 is 18.7 Å². The molecule has 2 aromatic rings. The molecule has 1 aromatic carbocycles. The maximum absolute atomic E-state index is 12.9. The number of methoxy groups -OCH3 is 1. The predicted octanol–water partition coefficient (Wildman–Crippen LogP) is 1.96. The summed E-state index contributed by atoms with van der Waals surface area (Å²) in [5.41, 5.74) is 0.304. The second-order valence-corrected chi connectivity index (χ2v) is 4.45. The van der Waals surface area contributed by atoms with E-state index in [-0.39, 0.29) is 22.8 Å². The lowest BCUT2D eigenvalue weighted by atomic mass is 9.99. The van der Waals surface area contributed by atoms with Gasteiger partial charge in [-0.3, -0.25) is 9.59 Å². The highest BCUT2D eigenvalue weighted by molar-refractivity contribution is 6.25. The second-order valence-electron chi connectivity index (χ2n) is 4.45. The van der Waals surface area contributed by atoms with E-state index in [4.69, 9.17) is 4.74 Å². The number of halogens is 1. The number of anilines is 1. The highest BCUT2D eigenvalue weighted by Crippen LogP contribution is 2.25. The van der Waals surface area contributed by atoms with Crippen LogP contribution in [0.2, 0.25) is 0 Å². The molecule has 0 radical (unpaired) electrons. The smallest absolute Gasteiger partial charge is 0.250 e. The van der Waals surface area contributed by atoms with E-state index >= 15 is 0 Å². The lowest BCUT2D eigenvalue weighted by Gasteiger charge is -2.19. The van der Waals surface area contributed by atoms with Gasteiger partial charge in [0.05, 0.1) is 7.11 Å². The molecule has 6 nitrogen and oxygen atoms in total. The minimum absolute atomic E-state index is 0.0436. The molecule has 0 atom stereocenters. The zero-order valence-electron chi connectivity index (χ0n) is 11.5. The van der Waals surface area contributed by atoms with Gasteiger partial charge in [-0.05, 0) is 24.3 Å². The standard InChI is InChI=1S/C15H10FN3O3/c1-22-15-12(19-9-4-2-8(16)3-5-9)13(20)10-11(14(15)21)18-7-6-17-10/h2-7,19H,1H3. The number of ether oxygens (including phenoxy) is 1. The molecule has 22 heavy (non-hydrogen) atoms. The van der Waals surface area contributed by atoms with E-state index in [9.17, 15) is 14.0 Å². The molecule has 110 valence electrons. The van der Waals surface area contributed by atoms with Crippen LogP contribution in [0.1, 0.15) is 21.0 Å². The van der Waals surface area contributed by atoms with E-state index in [0.717, 1.165) is 0 Å². The fraction of sp³-hybridized carbons (Fsp3) is 0.0667. The first-order chi connectivity index (χ1) is 10.6. The third-order valence-electron chi connectivity index (χ3n) is 3.11. The molecule has 1 aliphatic rings. The number of hydrogen-bond donors (Lipinski definition) is 1. The first kappa shape index (κ1) is 13.9. The van der Waals surface area contributed by atoms with Gasteiger partial charge in [-0.2, -0.15) is 0 Å². The molecule has 0 spiro atoms. The number of carbonyl (C=O) groups is 2. The average molecular weight is 299 g/mol. The second kappa shape index (κ2) is 5.36. The average Bonchev–Trinajstić information content (AvgIpc) is 2.55. The maximum Gasteiger partial charge on any atom is 0.250 e. The number of rotatable bonds is 3. The van der Waals surface area contributed by atoms with Crippen LogP contribution < -0.4 is 5.32 Å². The van der Waals surface area contributed by atoms with Crippen LogP contribution in [0.4, 0.5) is 10.1 Å². The molecule has 0 saturated heterocycles. The number of nitrogens with one attached hydrogen (secondary N) is 1. The Labute approximate surface area is 124 Å². The van der Waals surface area contributed by atoms with Crippen molar-refractivity contribution in [2.75, 3.05) is 12.4 Å². The van der Waals surface area contributed by atoms with Crippen molar-refractivity contribution in [2.24, 2.45) is 0 Å². The maximum atomic E-state index is 12.9. The molecule has 1 heterocycles. The quantitative estimate of drug-likeness (QED) is 0.933. The summed E-state index contributed by atoms with van der Waals surface area (Å²) in [7, 11) is 1.29. The van der Waals surface area contributed by atoms with Crippen molar-refractivity contribution in [1.82, 2.24) is 9.97 Å². The molecule has 1 aromatic heterocycles. The van der Waals surface area contributed by atoms with E-state index in [1.165, 1.54) is 43.8 Å². The third-order valence-corrected chi connectivity index (χ3v) is 3.11. The first-order valence-electron chi connectivity index (χ1n) is 6.33. The number of hydrogen-bond acceptors (Lipinski definition) is 6. The number of ketones is 2. The highest BCUT2D eigenvalue weighted by atomic mass is 19.1. The van der Waals surface area contributed by atoms with Gasteiger partial charge in [0.25, 0.3) is 5.78 Å². The Balaban J connectivity index is 2.06. The molecule has 0 amide bonds. The Bertz CT molecular complexity index is 800. The van der Waals surface area contributed by atoms with E-state index in [1.54, 1.807) is 0 Å². The first-order valence-corrected chi connectivity index (χ1v) is 6.33. The van der Waals surface area contributed by atoms with Crippen molar-refractivity contribution in [3.05, 3.63) is 65.3 Å². The van der Waals surface area contributed by atoms with Gasteiger partial charge in [0.2, 0.25) is 5.78 Å². The Morgan fingerprint density at radius 3 is 2.18 bits per heavy atom. The van der Waals surface area contributed by atoms with Gasteiger partial charge in [0.15, 0.2) is 5.76 Å². The Hall–Kier alpha value is -3.09. The van der Waals surface area contributed by atoms with E-state index in [2.05, 4.69) is 15.3 Å². The van der Waals surface area contributed by atoms with Crippen LogP contribution in [0, 0.1) is 5.82 Å². The van der Waals surface area contributed by atoms with Crippen LogP contribution in [-0.2, 0) is 4.74 Å². The van der Waals surface area contributed by atoms with Crippen LogP contribution in [0.15, 0.2) is 48.1 Å². The number of benzene rings is 1. The minimum Gasteiger partial charge on any atom is -0.491 e. The lowest BCUT2D eigenvalue weighted by Crippen LogP contribution is -2.28. The number of nitrogens with zero attached hydrogens (tertiary/aromatic N) is 2. The van der Waals surface area contributed by atoms with Crippen molar-refractivity contribution in [2.45, 2.75) is 0 Å². The van der Waals surface area contributed by atoms with Crippen LogP contribution >= 0.6 is 0 Å². The summed E-state index contributed by atoms with van der Waals surface area (Å²) in [6, 6.07) is 5.36. The van der Waals surface area contributed by atoms with E-state index in [1.807, 2.05) is 0 Å². The van der Waals surface area contributed by atoms with Gasteiger partial charge in [-0.25, -0.2) is 14.4 Å². The summed E-state index contributed by atoms with van der Waals surface area (Å²) in [5, 5.41) is 2.78. The van der Waals surface area contributed by atoms with Gasteiger partial charge in [-0.15, -0.1) is 0 Å². The zero-order chi connectivity index (χ0) is 15.7. The molecule has 3 rings (SSSR count). The molecule has 0 aliphatic heterocycles. The number of allylic oxidation sites excluding steroid dienone is 2. The summed E-state index contributed by atoms with van der Waals surface area (Å²) in [6.07, 6.45) is 2.66. The van der Waals surface area contributed by atoms with Gasteiger partial charge >= 0.3 is 0 Å². The number of carbonyl (C=O) groups excluding carboxylic acids is 2. The van der Waals surface area contributed by atoms with Gasteiger partial charge in [0, 0.05) is 18.1 Å². The monoisotopic (exact) mass is 299 g/mol. The molecule has 1 N–H and O–H groups in total. The van der Waals surface area contributed by atoms with Crippen molar-refractivity contribution in [1.29, 1.82) is 0 Å². The Morgan fingerprint density at radius 1 is 1.00 bits per heavy atom. The molecule has 1 aliphatic carbocycles. The van der Waals surface area contributed by atoms with Gasteiger partial charge < -0.3 is 10.1 Å². The number of fused-ring (bicyclic) bond motifs is 1. The summed E-state index contributed by atoms with van der Waals surface area (Å²) >= 11 is 0. The molecule has 0 bridgehead atoms. The van der Waals surface area contributed by atoms with Crippen LogP contribution in [-0.4, -0.2) is 28.6 Å². The van der Waals surface area contributed by atoms with Crippen LogP contribution in [0.3, 0.4) is 0 Å². The minimum atomic E-state index is -0.533. The van der Waals surface area contributed by atoms with Crippen LogP contribution in [0.25, 0.3) is 0 Å².